The predicted molar refractivity (Wildman–Crippen MR) is 192 cm³/mol. The molecule has 4 aromatic carbocycles. The van der Waals surface area contributed by atoms with Crippen molar-refractivity contribution >= 4 is 29.3 Å². The second-order valence-electron chi connectivity index (χ2n) is 12.5. The van der Waals surface area contributed by atoms with Crippen LogP contribution in [0.2, 0.25) is 0 Å². The van der Waals surface area contributed by atoms with Gasteiger partial charge in [0.1, 0.15) is 18.7 Å². The molecule has 0 radical (unpaired) electrons. The Labute approximate surface area is 287 Å². The molecular weight excluding hydrogens is 614 g/mol. The Bertz CT molecular complexity index is 1860. The fourth-order valence-corrected chi connectivity index (χ4v) is 5.54. The highest BCUT2D eigenvalue weighted by Gasteiger charge is 2.30. The van der Waals surface area contributed by atoms with Crippen LogP contribution in [0.15, 0.2) is 128 Å². The maximum atomic E-state index is 14.0. The Hall–Kier alpha value is -5.76. The van der Waals surface area contributed by atoms with E-state index in [4.69, 9.17) is 4.74 Å². The van der Waals surface area contributed by atoms with Gasteiger partial charge in [0.15, 0.2) is 5.78 Å². The van der Waals surface area contributed by atoms with E-state index in [1.807, 2.05) is 86.8 Å². The van der Waals surface area contributed by atoms with Crippen molar-refractivity contribution in [1.82, 2.24) is 9.88 Å². The number of carbonyl (C=O) groups excluding carboxylic acids is 4. The smallest absolute Gasteiger partial charge is 0.308 e. The highest BCUT2D eigenvalue weighted by atomic mass is 16.5. The molecule has 0 bridgehead atoms. The van der Waals surface area contributed by atoms with Gasteiger partial charge in [-0.3, -0.25) is 19.2 Å². The quantitative estimate of drug-likeness (QED) is 0.0936. The van der Waals surface area contributed by atoms with Crippen LogP contribution < -0.4 is 10.6 Å². The van der Waals surface area contributed by atoms with Gasteiger partial charge >= 0.3 is 5.97 Å². The van der Waals surface area contributed by atoms with Crippen LogP contribution in [0, 0.1) is 5.92 Å². The first-order chi connectivity index (χ1) is 23.7. The van der Waals surface area contributed by atoms with Crippen LogP contribution in [0.25, 0.3) is 22.3 Å². The summed E-state index contributed by atoms with van der Waals surface area (Å²) in [6.07, 6.45) is 3.74. The minimum absolute atomic E-state index is 0.0754. The number of nitrogens with one attached hydrogen (secondary N) is 2. The van der Waals surface area contributed by atoms with E-state index in [-0.39, 0.29) is 24.7 Å². The van der Waals surface area contributed by atoms with Gasteiger partial charge in [0.05, 0.1) is 6.42 Å². The van der Waals surface area contributed by atoms with Crippen molar-refractivity contribution < 1.29 is 23.9 Å². The topological polar surface area (TPSA) is 106 Å². The van der Waals surface area contributed by atoms with Gasteiger partial charge in [-0.05, 0) is 77.4 Å². The molecule has 5 rings (SSSR count). The zero-order valence-corrected chi connectivity index (χ0v) is 28.0. The van der Waals surface area contributed by atoms with Crippen molar-refractivity contribution in [2.45, 2.75) is 52.3 Å². The molecule has 8 heteroatoms. The van der Waals surface area contributed by atoms with Gasteiger partial charge in [-0.25, -0.2) is 0 Å². The number of aromatic nitrogens is 1. The standard InChI is InChI=1S/C41H41N3O5/c1-28(2)24-37(40(47)42-36-20-18-31(19-21-36)29(3)45)43-41(48)38(25-39(46)49-27-30-10-6-4-7-11-30)44-23-22-35(26-44)34-16-14-33(15-17-34)32-12-8-5-9-13-32/h4-23,26,28,37-38H,24-25,27H2,1-3H3,(H,42,47)(H,43,48)/t37-,38+/m0/s1. The molecule has 0 unspecified atom stereocenters. The SMILES string of the molecule is CC(=O)c1ccc(NC(=O)[C@H](CC(C)C)NC(=O)[C@@H](CC(=O)OCc2ccccc2)n2ccc(-c3ccc(-c4ccccc4)cc3)c2)cc1. The number of hydrogen-bond donors (Lipinski definition) is 2. The van der Waals surface area contributed by atoms with E-state index in [1.54, 1.807) is 35.0 Å². The number of hydrogen-bond acceptors (Lipinski definition) is 5. The molecule has 49 heavy (non-hydrogen) atoms. The van der Waals surface area contributed by atoms with Crippen molar-refractivity contribution in [3.63, 3.8) is 0 Å². The van der Waals surface area contributed by atoms with Crippen LogP contribution in [0.4, 0.5) is 5.69 Å². The van der Waals surface area contributed by atoms with E-state index in [2.05, 4.69) is 34.9 Å². The summed E-state index contributed by atoms with van der Waals surface area (Å²) in [5.41, 5.74) is 5.91. The molecule has 2 amide bonds. The average Bonchev–Trinajstić information content (AvgIpc) is 3.60. The first kappa shape index (κ1) is 34.6. The number of rotatable bonds is 14. The molecule has 0 spiro atoms. The van der Waals surface area contributed by atoms with E-state index in [1.165, 1.54) is 6.92 Å². The van der Waals surface area contributed by atoms with E-state index in [9.17, 15) is 19.2 Å². The van der Waals surface area contributed by atoms with E-state index < -0.39 is 29.9 Å². The maximum Gasteiger partial charge on any atom is 0.308 e. The van der Waals surface area contributed by atoms with Crippen molar-refractivity contribution in [1.29, 1.82) is 0 Å². The summed E-state index contributed by atoms with van der Waals surface area (Å²) in [5, 5.41) is 5.77. The lowest BCUT2D eigenvalue weighted by atomic mass is 10.0. The molecule has 250 valence electrons. The minimum atomic E-state index is -0.974. The predicted octanol–water partition coefficient (Wildman–Crippen LogP) is 7.87. The van der Waals surface area contributed by atoms with Gasteiger partial charge in [-0.1, -0.05) is 98.8 Å². The Morgan fingerprint density at radius 1 is 0.694 bits per heavy atom. The van der Waals surface area contributed by atoms with Crippen molar-refractivity contribution in [2.75, 3.05) is 5.32 Å². The second-order valence-corrected chi connectivity index (χ2v) is 12.5. The molecule has 5 aromatic rings. The van der Waals surface area contributed by atoms with Gasteiger partial charge in [0, 0.05) is 23.6 Å². The number of amides is 2. The number of benzene rings is 4. The number of carbonyl (C=O) groups is 4. The molecule has 1 heterocycles. The summed E-state index contributed by atoms with van der Waals surface area (Å²) in [6.45, 7) is 5.49. The number of esters is 1. The van der Waals surface area contributed by atoms with Crippen LogP contribution in [-0.4, -0.2) is 34.2 Å². The maximum absolute atomic E-state index is 14.0. The van der Waals surface area contributed by atoms with Crippen LogP contribution in [0.1, 0.15) is 55.6 Å². The molecule has 0 saturated heterocycles. The van der Waals surface area contributed by atoms with Gasteiger partial charge in [-0.15, -0.1) is 0 Å². The first-order valence-electron chi connectivity index (χ1n) is 16.4. The number of ether oxygens (including phenoxy) is 1. The third-order valence-corrected chi connectivity index (χ3v) is 8.20. The number of nitrogens with zero attached hydrogens (tertiary/aromatic N) is 1. The summed E-state index contributed by atoms with van der Waals surface area (Å²) < 4.78 is 7.26. The largest absolute Gasteiger partial charge is 0.461 e. The van der Waals surface area contributed by atoms with E-state index in [0.717, 1.165) is 27.8 Å². The summed E-state index contributed by atoms with van der Waals surface area (Å²) in [7, 11) is 0. The fraction of sp³-hybridized carbons (Fsp3) is 0.220. The van der Waals surface area contributed by atoms with E-state index in [0.29, 0.717) is 17.7 Å². The van der Waals surface area contributed by atoms with Crippen molar-refractivity contribution in [3.8, 4) is 22.3 Å². The Morgan fingerprint density at radius 2 is 1.29 bits per heavy atom. The molecule has 2 N–H and O–H groups in total. The van der Waals surface area contributed by atoms with Gasteiger partial charge in [0.2, 0.25) is 11.8 Å². The Kier molecular flexibility index (Phi) is 11.6. The lowest BCUT2D eigenvalue weighted by Crippen LogP contribution is -2.47. The normalized spacial score (nSPS) is 12.2. The molecule has 2 atom stereocenters. The molecule has 0 saturated carbocycles. The molecule has 0 fully saturated rings. The van der Waals surface area contributed by atoms with Gasteiger partial charge in [0.25, 0.3) is 0 Å². The zero-order chi connectivity index (χ0) is 34.8. The summed E-state index contributed by atoms with van der Waals surface area (Å²) in [6, 6.07) is 34.2. The lowest BCUT2D eigenvalue weighted by molar-refractivity contribution is -0.147. The summed E-state index contributed by atoms with van der Waals surface area (Å²) in [4.78, 5) is 52.3. The zero-order valence-electron chi connectivity index (χ0n) is 28.0. The third-order valence-electron chi connectivity index (χ3n) is 8.20. The van der Waals surface area contributed by atoms with Gasteiger partial charge in [-0.2, -0.15) is 0 Å². The Balaban J connectivity index is 1.36. The molecule has 8 nitrogen and oxygen atoms in total. The molecular formula is C41H41N3O5. The Morgan fingerprint density at radius 3 is 1.90 bits per heavy atom. The molecule has 0 aliphatic rings. The highest BCUT2D eigenvalue weighted by Crippen LogP contribution is 2.27. The summed E-state index contributed by atoms with van der Waals surface area (Å²) in [5.74, 6) is -1.40. The highest BCUT2D eigenvalue weighted by molar-refractivity contribution is 5.99. The van der Waals surface area contributed by atoms with Crippen molar-refractivity contribution in [2.24, 2.45) is 5.92 Å². The van der Waals surface area contributed by atoms with Crippen molar-refractivity contribution in [3.05, 3.63) is 139 Å². The summed E-state index contributed by atoms with van der Waals surface area (Å²) >= 11 is 0. The molecule has 0 aliphatic heterocycles. The number of Topliss-reactive ketones (excluding diaryl/α,β-unsaturated/α-hetero) is 1. The number of ketones is 1. The first-order valence-corrected chi connectivity index (χ1v) is 16.4. The molecule has 0 aliphatic carbocycles. The third kappa shape index (κ3) is 9.64. The minimum Gasteiger partial charge on any atom is -0.461 e. The lowest BCUT2D eigenvalue weighted by Gasteiger charge is -2.24. The van der Waals surface area contributed by atoms with Crippen LogP contribution in [0.5, 0.6) is 0 Å². The van der Waals surface area contributed by atoms with Crippen LogP contribution >= 0.6 is 0 Å². The van der Waals surface area contributed by atoms with Gasteiger partial charge < -0.3 is 19.9 Å². The second kappa shape index (κ2) is 16.4. The monoisotopic (exact) mass is 655 g/mol. The number of anilines is 1. The van der Waals surface area contributed by atoms with Crippen LogP contribution in [0.3, 0.4) is 0 Å². The van der Waals surface area contributed by atoms with E-state index >= 15 is 0 Å². The molecule has 1 aromatic heterocycles. The average molecular weight is 656 g/mol. The fourth-order valence-electron chi connectivity index (χ4n) is 5.54. The van der Waals surface area contributed by atoms with Crippen LogP contribution in [-0.2, 0) is 25.7 Å².